The predicted octanol–water partition coefficient (Wildman–Crippen LogP) is -0.218. The molecule has 0 amide bonds. The average molecular weight is 209 g/mol. The fourth-order valence-corrected chi connectivity index (χ4v) is 2.13. The van der Waals surface area contributed by atoms with E-state index in [9.17, 15) is 8.42 Å². The van der Waals surface area contributed by atoms with Crippen molar-refractivity contribution >= 4 is 9.84 Å². The highest BCUT2D eigenvalue weighted by Gasteiger charge is 2.13. The summed E-state index contributed by atoms with van der Waals surface area (Å²) in [5.74, 6) is 0.105. The Morgan fingerprint density at radius 3 is 2.46 bits per heavy atom. The number of aliphatic hydroxyl groups is 1. The highest BCUT2D eigenvalue weighted by molar-refractivity contribution is 7.90. The van der Waals surface area contributed by atoms with E-state index in [1.165, 1.54) is 6.26 Å². The zero-order valence-electron chi connectivity index (χ0n) is 8.28. The van der Waals surface area contributed by atoms with Gasteiger partial charge in [-0.2, -0.15) is 0 Å². The van der Waals surface area contributed by atoms with Crippen LogP contribution in [0.4, 0.5) is 0 Å². The van der Waals surface area contributed by atoms with Gasteiger partial charge in [-0.25, -0.2) is 8.42 Å². The highest BCUT2D eigenvalue weighted by Crippen LogP contribution is 1.96. The van der Waals surface area contributed by atoms with E-state index in [4.69, 9.17) is 5.11 Å². The van der Waals surface area contributed by atoms with E-state index in [1.807, 2.05) is 6.92 Å². The monoisotopic (exact) mass is 209 g/mol. The average Bonchev–Trinajstić information content (AvgIpc) is 1.98. The molecular weight excluding hydrogens is 190 g/mol. The Hall–Kier alpha value is -0.130. The van der Waals surface area contributed by atoms with Crippen molar-refractivity contribution in [2.24, 2.45) is 0 Å². The Balaban J connectivity index is 3.94. The maximum absolute atomic E-state index is 11.0. The van der Waals surface area contributed by atoms with Gasteiger partial charge < -0.3 is 10.4 Å². The summed E-state index contributed by atoms with van der Waals surface area (Å²) in [7, 11) is -2.95. The maximum Gasteiger partial charge on any atom is 0.148 e. The van der Waals surface area contributed by atoms with Gasteiger partial charge in [0.1, 0.15) is 9.84 Å². The molecule has 13 heavy (non-hydrogen) atoms. The molecule has 0 heterocycles. The Labute approximate surface area is 80.3 Å². The molecule has 0 aromatic heterocycles. The minimum atomic E-state index is -2.95. The number of rotatable bonds is 7. The highest BCUT2D eigenvalue weighted by atomic mass is 32.2. The van der Waals surface area contributed by atoms with Crippen LogP contribution in [0.2, 0.25) is 0 Å². The number of hydrogen-bond acceptors (Lipinski definition) is 4. The predicted molar refractivity (Wildman–Crippen MR) is 53.5 cm³/mol. The summed E-state index contributed by atoms with van der Waals surface area (Å²) in [6.07, 6.45) is 2.67. The van der Waals surface area contributed by atoms with Crippen molar-refractivity contribution in [2.45, 2.75) is 25.8 Å². The first kappa shape index (κ1) is 12.9. The van der Waals surface area contributed by atoms with Crippen molar-refractivity contribution in [3.63, 3.8) is 0 Å². The standard InChI is InChI=1S/C8H19NO3S/c1-3-5-9-8(4-6-10)7-13(2,11)12/h8-10H,3-7H2,1-2H3. The summed E-state index contributed by atoms with van der Waals surface area (Å²) in [5, 5.41) is 11.8. The van der Waals surface area contributed by atoms with Gasteiger partial charge in [-0.3, -0.25) is 0 Å². The van der Waals surface area contributed by atoms with Crippen LogP contribution in [0, 0.1) is 0 Å². The molecule has 0 rings (SSSR count). The number of hydrogen-bond donors (Lipinski definition) is 2. The summed E-state index contributed by atoms with van der Waals surface area (Å²) in [5.41, 5.74) is 0. The molecular formula is C8H19NO3S. The smallest absolute Gasteiger partial charge is 0.148 e. The second-order valence-electron chi connectivity index (χ2n) is 3.26. The number of aliphatic hydroxyl groups excluding tert-OH is 1. The molecule has 5 heteroatoms. The van der Waals surface area contributed by atoms with Crippen LogP contribution >= 0.6 is 0 Å². The molecule has 0 bridgehead atoms. The van der Waals surface area contributed by atoms with Crippen LogP contribution in [0.15, 0.2) is 0 Å². The van der Waals surface area contributed by atoms with Crippen molar-refractivity contribution < 1.29 is 13.5 Å². The zero-order chi connectivity index (χ0) is 10.3. The zero-order valence-corrected chi connectivity index (χ0v) is 9.10. The van der Waals surface area contributed by atoms with E-state index >= 15 is 0 Å². The van der Waals surface area contributed by atoms with E-state index in [0.717, 1.165) is 13.0 Å². The fraction of sp³-hybridized carbons (Fsp3) is 1.00. The van der Waals surface area contributed by atoms with Crippen LogP contribution in [0.25, 0.3) is 0 Å². The van der Waals surface area contributed by atoms with Gasteiger partial charge in [0.05, 0.1) is 5.75 Å². The molecule has 1 unspecified atom stereocenters. The lowest BCUT2D eigenvalue weighted by atomic mass is 10.2. The van der Waals surface area contributed by atoms with E-state index in [-0.39, 0.29) is 18.4 Å². The van der Waals surface area contributed by atoms with Crippen LogP contribution in [0.3, 0.4) is 0 Å². The van der Waals surface area contributed by atoms with Gasteiger partial charge in [-0.05, 0) is 19.4 Å². The fourth-order valence-electron chi connectivity index (χ4n) is 1.11. The van der Waals surface area contributed by atoms with Crippen molar-refractivity contribution in [2.75, 3.05) is 25.2 Å². The molecule has 0 aromatic carbocycles. The molecule has 80 valence electrons. The van der Waals surface area contributed by atoms with Crippen molar-refractivity contribution in [3.8, 4) is 0 Å². The molecule has 0 aromatic rings. The molecule has 4 nitrogen and oxygen atoms in total. The summed E-state index contributed by atoms with van der Waals surface area (Å²) >= 11 is 0. The number of nitrogens with one attached hydrogen (secondary N) is 1. The van der Waals surface area contributed by atoms with Gasteiger partial charge in [-0.1, -0.05) is 6.92 Å². The summed E-state index contributed by atoms with van der Waals surface area (Å²) in [4.78, 5) is 0. The lowest BCUT2D eigenvalue weighted by Crippen LogP contribution is -2.36. The van der Waals surface area contributed by atoms with Crippen molar-refractivity contribution in [1.29, 1.82) is 0 Å². The van der Waals surface area contributed by atoms with Crippen LogP contribution in [0.1, 0.15) is 19.8 Å². The normalized spacial score (nSPS) is 14.4. The SMILES string of the molecule is CCCNC(CCO)CS(C)(=O)=O. The quantitative estimate of drug-likeness (QED) is 0.608. The molecule has 0 fully saturated rings. The first-order valence-corrected chi connectivity index (χ1v) is 6.57. The van der Waals surface area contributed by atoms with E-state index in [2.05, 4.69) is 5.32 Å². The third-order valence-corrected chi connectivity index (χ3v) is 2.67. The minimum absolute atomic E-state index is 0.0247. The van der Waals surface area contributed by atoms with E-state index < -0.39 is 9.84 Å². The lowest BCUT2D eigenvalue weighted by molar-refractivity contribution is 0.269. The Kier molecular flexibility index (Phi) is 6.28. The van der Waals surface area contributed by atoms with E-state index in [0.29, 0.717) is 6.42 Å². The maximum atomic E-state index is 11.0. The molecule has 1 atom stereocenters. The topological polar surface area (TPSA) is 66.4 Å². The largest absolute Gasteiger partial charge is 0.396 e. The molecule has 0 saturated carbocycles. The van der Waals surface area contributed by atoms with Crippen molar-refractivity contribution in [3.05, 3.63) is 0 Å². The summed E-state index contributed by atoms with van der Waals surface area (Å²) < 4.78 is 21.9. The van der Waals surface area contributed by atoms with Crippen LogP contribution in [-0.2, 0) is 9.84 Å². The van der Waals surface area contributed by atoms with Crippen LogP contribution < -0.4 is 5.32 Å². The molecule has 0 radical (unpaired) electrons. The Morgan fingerprint density at radius 1 is 1.46 bits per heavy atom. The van der Waals surface area contributed by atoms with Crippen LogP contribution in [-0.4, -0.2) is 44.7 Å². The molecule has 0 aliphatic rings. The Morgan fingerprint density at radius 2 is 2.08 bits per heavy atom. The molecule has 0 aliphatic carbocycles. The van der Waals surface area contributed by atoms with Crippen LogP contribution in [0.5, 0.6) is 0 Å². The third-order valence-electron chi connectivity index (χ3n) is 1.66. The van der Waals surface area contributed by atoms with Gasteiger partial charge in [-0.15, -0.1) is 0 Å². The first-order valence-electron chi connectivity index (χ1n) is 4.51. The lowest BCUT2D eigenvalue weighted by Gasteiger charge is -2.15. The minimum Gasteiger partial charge on any atom is -0.396 e. The summed E-state index contributed by atoms with van der Waals surface area (Å²) in [6.45, 7) is 2.83. The van der Waals surface area contributed by atoms with Gasteiger partial charge >= 0.3 is 0 Å². The van der Waals surface area contributed by atoms with Gasteiger partial charge in [0, 0.05) is 18.9 Å². The van der Waals surface area contributed by atoms with Crippen molar-refractivity contribution in [1.82, 2.24) is 5.32 Å². The van der Waals surface area contributed by atoms with Gasteiger partial charge in [0.15, 0.2) is 0 Å². The first-order chi connectivity index (χ1) is 5.99. The summed E-state index contributed by atoms with van der Waals surface area (Å²) in [6, 6.07) is -0.111. The number of sulfone groups is 1. The third kappa shape index (κ3) is 8.21. The Bertz CT molecular complexity index is 213. The molecule has 2 N–H and O–H groups in total. The second kappa shape index (κ2) is 6.34. The molecule has 0 aliphatic heterocycles. The molecule has 0 saturated heterocycles. The molecule has 0 spiro atoms. The second-order valence-corrected chi connectivity index (χ2v) is 5.44. The van der Waals surface area contributed by atoms with Gasteiger partial charge in [0.25, 0.3) is 0 Å². The van der Waals surface area contributed by atoms with E-state index in [1.54, 1.807) is 0 Å². The van der Waals surface area contributed by atoms with Gasteiger partial charge in [0.2, 0.25) is 0 Å².